The normalized spacial score (nSPS) is 13.7. The Bertz CT molecular complexity index is 1270. The number of fused-ring (bicyclic) bond motifs is 1. The van der Waals surface area contributed by atoms with Crippen LogP contribution in [-0.4, -0.2) is 49.8 Å². The molecule has 0 saturated carbocycles. The van der Waals surface area contributed by atoms with Crippen LogP contribution in [0.25, 0.3) is 0 Å². The van der Waals surface area contributed by atoms with E-state index in [0.717, 1.165) is 30.8 Å². The summed E-state index contributed by atoms with van der Waals surface area (Å²) in [5.74, 6) is -1.69. The maximum absolute atomic E-state index is 12.8. The number of rotatable bonds is 7. The number of nitrogens with zero attached hydrogens (tertiary/aromatic N) is 2. The lowest BCUT2D eigenvalue weighted by atomic mass is 9.96. The monoisotopic (exact) mass is 499 g/mol. The summed E-state index contributed by atoms with van der Waals surface area (Å²) in [5, 5.41) is 8.10. The predicted molar refractivity (Wildman–Crippen MR) is 146 cm³/mol. The molecule has 0 unspecified atom stereocenters. The van der Waals surface area contributed by atoms with Crippen molar-refractivity contribution < 1.29 is 14.4 Å². The van der Waals surface area contributed by atoms with Crippen molar-refractivity contribution in [3.05, 3.63) is 89.5 Å². The number of carbonyl (C=O) groups is 3. The zero-order chi connectivity index (χ0) is 26.4. The summed E-state index contributed by atoms with van der Waals surface area (Å²) in [5.41, 5.74) is 5.77. The molecule has 0 aromatic heterocycles. The number of hydrogen-bond donors (Lipinski definition) is 3. The summed E-state index contributed by atoms with van der Waals surface area (Å²) in [7, 11) is 4.00. The average Bonchev–Trinajstić information content (AvgIpc) is 2.88. The van der Waals surface area contributed by atoms with Gasteiger partial charge in [0.1, 0.15) is 0 Å². The first-order chi connectivity index (χ1) is 17.8. The number of hydrogen-bond acceptors (Lipinski definition) is 5. The molecule has 192 valence electrons. The van der Waals surface area contributed by atoms with Crippen molar-refractivity contribution in [2.24, 2.45) is 0 Å². The molecule has 1 aliphatic rings. The van der Waals surface area contributed by atoms with Crippen LogP contribution in [0.4, 0.5) is 17.1 Å². The molecule has 8 nitrogen and oxygen atoms in total. The molecule has 0 bridgehead atoms. The molecule has 0 fully saturated rings. The first-order valence-electron chi connectivity index (χ1n) is 12.3. The maximum atomic E-state index is 12.8. The summed E-state index contributed by atoms with van der Waals surface area (Å²) < 4.78 is 0. The van der Waals surface area contributed by atoms with E-state index >= 15 is 0 Å². The summed E-state index contributed by atoms with van der Waals surface area (Å²) in [6.07, 6.45) is 0.932. The van der Waals surface area contributed by atoms with Crippen LogP contribution < -0.4 is 20.9 Å². The van der Waals surface area contributed by atoms with Crippen LogP contribution in [0.3, 0.4) is 0 Å². The van der Waals surface area contributed by atoms with Crippen molar-refractivity contribution >= 4 is 34.8 Å². The van der Waals surface area contributed by atoms with Gasteiger partial charge in [0.2, 0.25) is 5.91 Å². The Kier molecular flexibility index (Phi) is 8.20. The minimum atomic E-state index is -0.759. The van der Waals surface area contributed by atoms with Crippen LogP contribution >= 0.6 is 0 Å². The third-order valence-corrected chi connectivity index (χ3v) is 6.50. The highest BCUT2D eigenvalue weighted by molar-refractivity contribution is 6.39. The Labute approximate surface area is 217 Å². The van der Waals surface area contributed by atoms with Crippen molar-refractivity contribution in [1.82, 2.24) is 10.2 Å². The van der Waals surface area contributed by atoms with E-state index in [1.807, 2.05) is 19.0 Å². The largest absolute Gasteiger partial charge is 0.378 e. The van der Waals surface area contributed by atoms with Gasteiger partial charge in [-0.1, -0.05) is 42.5 Å². The minimum absolute atomic E-state index is 0.0931. The molecule has 3 amide bonds. The van der Waals surface area contributed by atoms with Crippen LogP contribution in [0.1, 0.15) is 29.7 Å². The first-order valence-corrected chi connectivity index (χ1v) is 12.3. The Balaban J connectivity index is 1.46. The van der Waals surface area contributed by atoms with Crippen LogP contribution in [0.2, 0.25) is 0 Å². The number of anilines is 3. The average molecular weight is 500 g/mol. The van der Waals surface area contributed by atoms with Gasteiger partial charge in [-0.15, -0.1) is 0 Å². The van der Waals surface area contributed by atoms with Gasteiger partial charge >= 0.3 is 11.8 Å². The van der Waals surface area contributed by atoms with Gasteiger partial charge in [0.05, 0.1) is 6.04 Å². The fraction of sp³-hybridized carbons (Fsp3) is 0.276. The fourth-order valence-electron chi connectivity index (χ4n) is 4.57. The van der Waals surface area contributed by atoms with Gasteiger partial charge in [-0.2, -0.15) is 0 Å². The number of nitrogens with one attached hydrogen (secondary N) is 3. The third-order valence-electron chi connectivity index (χ3n) is 6.50. The molecule has 0 saturated heterocycles. The first kappa shape index (κ1) is 25.9. The van der Waals surface area contributed by atoms with Gasteiger partial charge in [-0.25, -0.2) is 0 Å². The van der Waals surface area contributed by atoms with Crippen molar-refractivity contribution in [3.63, 3.8) is 0 Å². The van der Waals surface area contributed by atoms with Gasteiger partial charge in [-0.05, 0) is 53.4 Å². The van der Waals surface area contributed by atoms with E-state index < -0.39 is 11.8 Å². The molecule has 3 N–H and O–H groups in total. The SMILES string of the molecule is CC(=O)Nc1cccc(NC(=O)C(=O)NC[C@@H](c2ccc(N(C)C)cc2)N2CCc3ccccc3C2)c1. The van der Waals surface area contributed by atoms with Crippen LogP contribution in [0.15, 0.2) is 72.8 Å². The quantitative estimate of drug-likeness (QED) is 0.432. The lowest BCUT2D eigenvalue weighted by Gasteiger charge is -2.36. The smallest absolute Gasteiger partial charge is 0.313 e. The zero-order valence-corrected chi connectivity index (χ0v) is 21.5. The Morgan fingerprint density at radius 2 is 1.54 bits per heavy atom. The molecular formula is C29H33N5O3. The van der Waals surface area contributed by atoms with Crippen molar-refractivity contribution in [1.29, 1.82) is 0 Å². The van der Waals surface area contributed by atoms with Gasteiger partial charge in [0.25, 0.3) is 0 Å². The second-order valence-electron chi connectivity index (χ2n) is 9.42. The maximum Gasteiger partial charge on any atom is 0.313 e. The van der Waals surface area contributed by atoms with E-state index in [1.165, 1.54) is 18.1 Å². The fourth-order valence-corrected chi connectivity index (χ4v) is 4.57. The molecule has 1 atom stereocenters. The molecule has 1 aliphatic heterocycles. The molecule has 3 aromatic rings. The summed E-state index contributed by atoms with van der Waals surface area (Å²) in [6.45, 7) is 3.33. The van der Waals surface area contributed by atoms with E-state index in [-0.39, 0.29) is 11.9 Å². The number of amides is 3. The molecule has 0 spiro atoms. The molecule has 3 aromatic carbocycles. The number of carbonyl (C=O) groups excluding carboxylic acids is 3. The van der Waals surface area contributed by atoms with Gasteiger partial charge < -0.3 is 20.9 Å². The van der Waals surface area contributed by atoms with Crippen molar-refractivity contribution in [2.75, 3.05) is 42.7 Å². The van der Waals surface area contributed by atoms with Gasteiger partial charge in [0.15, 0.2) is 0 Å². The second-order valence-corrected chi connectivity index (χ2v) is 9.42. The minimum Gasteiger partial charge on any atom is -0.378 e. The van der Waals surface area contributed by atoms with Gasteiger partial charge in [-0.3, -0.25) is 19.3 Å². The highest BCUT2D eigenvalue weighted by Crippen LogP contribution is 2.28. The van der Waals surface area contributed by atoms with Crippen molar-refractivity contribution in [3.8, 4) is 0 Å². The lowest BCUT2D eigenvalue weighted by Crippen LogP contribution is -2.43. The highest BCUT2D eigenvalue weighted by Gasteiger charge is 2.26. The highest BCUT2D eigenvalue weighted by atomic mass is 16.2. The Morgan fingerprint density at radius 1 is 0.865 bits per heavy atom. The van der Waals surface area contributed by atoms with E-state index in [1.54, 1.807) is 24.3 Å². The summed E-state index contributed by atoms with van der Waals surface area (Å²) in [6, 6.07) is 23.3. The molecule has 8 heteroatoms. The topological polar surface area (TPSA) is 93.8 Å². The van der Waals surface area contributed by atoms with E-state index in [9.17, 15) is 14.4 Å². The number of benzene rings is 3. The molecule has 37 heavy (non-hydrogen) atoms. The van der Waals surface area contributed by atoms with E-state index in [2.05, 4.69) is 69.4 Å². The summed E-state index contributed by atoms with van der Waals surface area (Å²) >= 11 is 0. The molecular weight excluding hydrogens is 466 g/mol. The Hall–Kier alpha value is -4.17. The third kappa shape index (κ3) is 6.74. The van der Waals surface area contributed by atoms with Crippen LogP contribution in [-0.2, 0) is 27.3 Å². The lowest BCUT2D eigenvalue weighted by molar-refractivity contribution is -0.136. The molecule has 1 heterocycles. The van der Waals surface area contributed by atoms with Crippen LogP contribution in [0, 0.1) is 0 Å². The molecule has 0 radical (unpaired) electrons. The zero-order valence-electron chi connectivity index (χ0n) is 21.5. The van der Waals surface area contributed by atoms with Crippen LogP contribution in [0.5, 0.6) is 0 Å². The summed E-state index contributed by atoms with van der Waals surface area (Å²) in [4.78, 5) is 41.1. The predicted octanol–water partition coefficient (Wildman–Crippen LogP) is 3.57. The Morgan fingerprint density at radius 3 is 2.22 bits per heavy atom. The second kappa shape index (κ2) is 11.7. The van der Waals surface area contributed by atoms with E-state index in [4.69, 9.17) is 0 Å². The van der Waals surface area contributed by atoms with Crippen molar-refractivity contribution in [2.45, 2.75) is 25.9 Å². The molecule has 0 aliphatic carbocycles. The standard InChI is InChI=1S/C29H33N5O3/c1-20(35)31-24-9-6-10-25(17-24)32-29(37)28(36)30-18-27(22-11-13-26(14-12-22)33(2)3)34-16-15-21-7-4-5-8-23(21)19-34/h4-14,17,27H,15-16,18-19H2,1-3H3,(H,30,36)(H,31,35)(H,32,37)/t27-/m0/s1. The van der Waals surface area contributed by atoms with E-state index in [0.29, 0.717) is 17.9 Å². The van der Waals surface area contributed by atoms with Gasteiger partial charge in [0, 0.05) is 57.7 Å². The molecule has 4 rings (SSSR count).